The first-order chi connectivity index (χ1) is 6.68. The van der Waals surface area contributed by atoms with Gasteiger partial charge >= 0.3 is 5.97 Å². The highest BCUT2D eigenvalue weighted by Gasteiger charge is 1.98. The minimum absolute atomic E-state index is 0.148. The standard InChI is InChI=1S/C10H12N2O2/c1-8(3-4-10(13)14)7-9-11-5-2-6-12-9/h2,5-7H,3-4H2,1H3,(H,13,14)/b8-7+. The van der Waals surface area contributed by atoms with E-state index in [0.717, 1.165) is 5.57 Å². The summed E-state index contributed by atoms with van der Waals surface area (Å²) in [6.07, 6.45) is 5.79. The van der Waals surface area contributed by atoms with Crippen LogP contribution in [-0.4, -0.2) is 21.0 Å². The largest absolute Gasteiger partial charge is 0.481 e. The van der Waals surface area contributed by atoms with Gasteiger partial charge in [-0.1, -0.05) is 5.57 Å². The van der Waals surface area contributed by atoms with Gasteiger partial charge in [-0.2, -0.15) is 0 Å². The first kappa shape index (κ1) is 10.4. The smallest absolute Gasteiger partial charge is 0.303 e. The lowest BCUT2D eigenvalue weighted by Gasteiger charge is -1.97. The van der Waals surface area contributed by atoms with Gasteiger partial charge in [0.25, 0.3) is 0 Å². The van der Waals surface area contributed by atoms with Crippen LogP contribution in [0.15, 0.2) is 24.0 Å². The number of carboxylic acids is 1. The molecule has 0 aliphatic rings. The van der Waals surface area contributed by atoms with Gasteiger partial charge in [-0.15, -0.1) is 0 Å². The van der Waals surface area contributed by atoms with Crippen LogP contribution < -0.4 is 0 Å². The van der Waals surface area contributed by atoms with E-state index in [9.17, 15) is 4.79 Å². The Morgan fingerprint density at radius 1 is 1.43 bits per heavy atom. The van der Waals surface area contributed by atoms with Crippen molar-refractivity contribution in [2.45, 2.75) is 19.8 Å². The Morgan fingerprint density at radius 3 is 2.64 bits per heavy atom. The van der Waals surface area contributed by atoms with E-state index in [4.69, 9.17) is 5.11 Å². The molecule has 0 saturated carbocycles. The van der Waals surface area contributed by atoms with Crippen molar-refractivity contribution in [2.24, 2.45) is 0 Å². The predicted molar refractivity (Wildman–Crippen MR) is 52.6 cm³/mol. The van der Waals surface area contributed by atoms with Crippen LogP contribution in [-0.2, 0) is 4.79 Å². The Kier molecular flexibility index (Phi) is 3.79. The lowest BCUT2D eigenvalue weighted by atomic mass is 10.1. The number of allylic oxidation sites excluding steroid dienone is 1. The number of hydrogen-bond donors (Lipinski definition) is 1. The summed E-state index contributed by atoms with van der Waals surface area (Å²) in [6, 6.07) is 1.74. The lowest BCUT2D eigenvalue weighted by molar-refractivity contribution is -0.136. The van der Waals surface area contributed by atoms with Crippen molar-refractivity contribution < 1.29 is 9.90 Å². The van der Waals surface area contributed by atoms with Crippen LogP contribution in [0, 0.1) is 0 Å². The number of rotatable bonds is 4. The predicted octanol–water partition coefficient (Wildman–Crippen LogP) is 1.74. The number of hydrogen-bond acceptors (Lipinski definition) is 3. The molecule has 0 spiro atoms. The molecule has 1 N–H and O–H groups in total. The average Bonchev–Trinajstić information content (AvgIpc) is 2.16. The van der Waals surface area contributed by atoms with E-state index in [1.54, 1.807) is 24.5 Å². The molecule has 0 unspecified atom stereocenters. The molecule has 0 aliphatic carbocycles. The Bertz CT molecular complexity index is 333. The van der Waals surface area contributed by atoms with E-state index in [1.165, 1.54) is 0 Å². The van der Waals surface area contributed by atoms with E-state index in [1.807, 2.05) is 6.92 Å². The third-order valence-corrected chi connectivity index (χ3v) is 1.69. The van der Waals surface area contributed by atoms with Crippen molar-refractivity contribution in [3.63, 3.8) is 0 Å². The maximum absolute atomic E-state index is 10.3. The maximum atomic E-state index is 10.3. The van der Waals surface area contributed by atoms with Gasteiger partial charge in [0.05, 0.1) is 0 Å². The van der Waals surface area contributed by atoms with Crippen LogP contribution in [0.5, 0.6) is 0 Å². The van der Waals surface area contributed by atoms with Gasteiger partial charge in [0.2, 0.25) is 0 Å². The number of aliphatic carboxylic acids is 1. The molecule has 4 heteroatoms. The summed E-state index contributed by atoms with van der Waals surface area (Å²) >= 11 is 0. The number of carboxylic acid groups (broad SMARTS) is 1. The van der Waals surface area contributed by atoms with E-state index in [0.29, 0.717) is 12.2 Å². The van der Waals surface area contributed by atoms with Crippen molar-refractivity contribution in [3.8, 4) is 0 Å². The lowest BCUT2D eigenvalue weighted by Crippen LogP contribution is -1.94. The third kappa shape index (κ3) is 3.80. The van der Waals surface area contributed by atoms with Crippen molar-refractivity contribution in [3.05, 3.63) is 29.9 Å². The summed E-state index contributed by atoms with van der Waals surface area (Å²) in [4.78, 5) is 18.3. The molecule has 0 bridgehead atoms. The molecule has 0 aliphatic heterocycles. The summed E-state index contributed by atoms with van der Waals surface area (Å²) in [6.45, 7) is 1.87. The van der Waals surface area contributed by atoms with Crippen LogP contribution in [0.25, 0.3) is 6.08 Å². The molecule has 14 heavy (non-hydrogen) atoms. The Balaban J connectivity index is 2.56. The molecule has 0 radical (unpaired) electrons. The van der Waals surface area contributed by atoms with Gasteiger partial charge < -0.3 is 5.11 Å². The van der Waals surface area contributed by atoms with E-state index >= 15 is 0 Å². The highest BCUT2D eigenvalue weighted by atomic mass is 16.4. The molecule has 1 aromatic rings. The molecule has 0 amide bonds. The van der Waals surface area contributed by atoms with Crippen LogP contribution in [0.2, 0.25) is 0 Å². The maximum Gasteiger partial charge on any atom is 0.303 e. The van der Waals surface area contributed by atoms with E-state index in [2.05, 4.69) is 9.97 Å². The quantitative estimate of drug-likeness (QED) is 0.789. The number of carbonyl (C=O) groups is 1. The molecular formula is C10H12N2O2. The molecular weight excluding hydrogens is 180 g/mol. The highest BCUT2D eigenvalue weighted by Crippen LogP contribution is 2.07. The van der Waals surface area contributed by atoms with Crippen LogP contribution in [0.4, 0.5) is 0 Å². The molecule has 4 nitrogen and oxygen atoms in total. The Labute approximate surface area is 82.3 Å². The van der Waals surface area contributed by atoms with Gasteiger partial charge in [-0.3, -0.25) is 4.79 Å². The molecule has 0 aromatic carbocycles. The fourth-order valence-electron chi connectivity index (χ4n) is 0.982. The summed E-state index contributed by atoms with van der Waals surface area (Å²) in [5.41, 5.74) is 0.971. The minimum atomic E-state index is -0.785. The average molecular weight is 192 g/mol. The second kappa shape index (κ2) is 5.11. The molecule has 1 heterocycles. The molecule has 0 atom stereocenters. The number of nitrogens with zero attached hydrogens (tertiary/aromatic N) is 2. The normalized spacial score (nSPS) is 11.4. The van der Waals surface area contributed by atoms with Crippen molar-refractivity contribution in [1.29, 1.82) is 0 Å². The minimum Gasteiger partial charge on any atom is -0.481 e. The second-order valence-electron chi connectivity index (χ2n) is 2.99. The van der Waals surface area contributed by atoms with Crippen molar-refractivity contribution in [1.82, 2.24) is 9.97 Å². The third-order valence-electron chi connectivity index (χ3n) is 1.69. The van der Waals surface area contributed by atoms with Crippen molar-refractivity contribution in [2.75, 3.05) is 0 Å². The topological polar surface area (TPSA) is 63.1 Å². The zero-order valence-corrected chi connectivity index (χ0v) is 7.97. The zero-order chi connectivity index (χ0) is 10.4. The summed E-state index contributed by atoms with van der Waals surface area (Å²) in [5, 5.41) is 8.47. The van der Waals surface area contributed by atoms with Crippen LogP contribution in [0.1, 0.15) is 25.6 Å². The SMILES string of the molecule is C/C(=C\c1ncccn1)CCC(=O)O. The van der Waals surface area contributed by atoms with Gasteiger partial charge in [-0.05, 0) is 25.5 Å². The van der Waals surface area contributed by atoms with E-state index < -0.39 is 5.97 Å². The van der Waals surface area contributed by atoms with Crippen molar-refractivity contribution >= 4 is 12.0 Å². The zero-order valence-electron chi connectivity index (χ0n) is 7.97. The van der Waals surface area contributed by atoms with Gasteiger partial charge in [0.15, 0.2) is 5.82 Å². The molecule has 74 valence electrons. The Hall–Kier alpha value is -1.71. The summed E-state index contributed by atoms with van der Waals surface area (Å²) < 4.78 is 0. The highest BCUT2D eigenvalue weighted by molar-refractivity contribution is 5.67. The van der Waals surface area contributed by atoms with Gasteiger partial charge in [0.1, 0.15) is 0 Å². The van der Waals surface area contributed by atoms with Crippen LogP contribution >= 0.6 is 0 Å². The summed E-state index contributed by atoms with van der Waals surface area (Å²) in [7, 11) is 0. The van der Waals surface area contributed by atoms with E-state index in [-0.39, 0.29) is 6.42 Å². The fourth-order valence-corrected chi connectivity index (χ4v) is 0.982. The van der Waals surface area contributed by atoms with Crippen LogP contribution in [0.3, 0.4) is 0 Å². The van der Waals surface area contributed by atoms with Gasteiger partial charge in [0, 0.05) is 18.8 Å². The molecule has 1 aromatic heterocycles. The molecule has 0 saturated heterocycles. The first-order valence-corrected chi connectivity index (χ1v) is 4.34. The number of aromatic nitrogens is 2. The first-order valence-electron chi connectivity index (χ1n) is 4.34. The fraction of sp³-hybridized carbons (Fsp3) is 0.300. The molecule has 1 rings (SSSR count). The second-order valence-corrected chi connectivity index (χ2v) is 2.99. The van der Waals surface area contributed by atoms with Gasteiger partial charge in [-0.25, -0.2) is 9.97 Å². The molecule has 0 fully saturated rings. The Morgan fingerprint density at radius 2 is 2.07 bits per heavy atom. The monoisotopic (exact) mass is 192 g/mol. The summed E-state index contributed by atoms with van der Waals surface area (Å²) in [5.74, 6) is -0.165.